The molecule has 7 nitrogen and oxygen atoms in total. The lowest BCUT2D eigenvalue weighted by Crippen LogP contribution is -2.14. The second-order valence-corrected chi connectivity index (χ2v) is 4.99. The topological polar surface area (TPSA) is 86.7 Å². The summed E-state index contributed by atoms with van der Waals surface area (Å²) in [4.78, 5) is 16.6. The molecule has 0 bridgehead atoms. The number of nitrogens with zero attached hydrogens (tertiary/aromatic N) is 1. The van der Waals surface area contributed by atoms with E-state index in [4.69, 9.17) is 18.3 Å². The molecule has 25 heavy (non-hydrogen) atoms. The molecule has 3 aromatic rings. The first-order chi connectivity index (χ1) is 12.2. The van der Waals surface area contributed by atoms with Crippen LogP contribution < -0.4 is 14.8 Å². The zero-order valence-electron chi connectivity index (χ0n) is 13.9. The van der Waals surface area contributed by atoms with Gasteiger partial charge >= 0.3 is 0 Å². The minimum atomic E-state index is -0.435. The van der Waals surface area contributed by atoms with Crippen molar-refractivity contribution >= 4 is 11.6 Å². The van der Waals surface area contributed by atoms with Crippen LogP contribution in [0.15, 0.2) is 51.8 Å². The van der Waals surface area contributed by atoms with E-state index in [0.717, 1.165) is 0 Å². The molecule has 0 spiro atoms. The molecule has 0 aliphatic rings. The first-order valence-electron chi connectivity index (χ1n) is 7.91. The summed E-state index contributed by atoms with van der Waals surface area (Å²) in [5.74, 6) is 1.43. The number of amides is 1. The monoisotopic (exact) mass is 342 g/mol. The van der Waals surface area contributed by atoms with Gasteiger partial charge in [0.15, 0.2) is 17.8 Å². The van der Waals surface area contributed by atoms with Gasteiger partial charge in [0.2, 0.25) is 5.76 Å². The van der Waals surface area contributed by atoms with Crippen molar-refractivity contribution in [1.29, 1.82) is 0 Å². The lowest BCUT2D eigenvalue weighted by Gasteiger charge is -2.13. The third-order valence-electron chi connectivity index (χ3n) is 3.34. The van der Waals surface area contributed by atoms with Crippen LogP contribution in [0.1, 0.15) is 24.3 Å². The Kier molecular flexibility index (Phi) is 5.03. The van der Waals surface area contributed by atoms with E-state index < -0.39 is 5.91 Å². The number of furan rings is 1. The van der Waals surface area contributed by atoms with Gasteiger partial charge in [0.1, 0.15) is 11.5 Å². The highest BCUT2D eigenvalue weighted by Crippen LogP contribution is 2.31. The maximum atomic E-state index is 12.6. The quantitative estimate of drug-likeness (QED) is 0.699. The molecule has 1 aromatic carbocycles. The molecule has 1 N–H and O–H groups in total. The summed E-state index contributed by atoms with van der Waals surface area (Å²) in [7, 11) is 0. The van der Waals surface area contributed by atoms with E-state index in [9.17, 15) is 4.79 Å². The third-order valence-corrected chi connectivity index (χ3v) is 3.34. The van der Waals surface area contributed by atoms with Crippen molar-refractivity contribution in [3.63, 3.8) is 0 Å². The molecule has 0 radical (unpaired) electrons. The Morgan fingerprint density at radius 3 is 2.72 bits per heavy atom. The van der Waals surface area contributed by atoms with Gasteiger partial charge in [-0.25, -0.2) is 4.98 Å². The van der Waals surface area contributed by atoms with Crippen LogP contribution in [-0.2, 0) is 0 Å². The van der Waals surface area contributed by atoms with Gasteiger partial charge in [-0.05, 0) is 38.1 Å². The lowest BCUT2D eigenvalue weighted by atomic mass is 10.2. The molecule has 2 heterocycles. The summed E-state index contributed by atoms with van der Waals surface area (Å²) in [5.41, 5.74) is 0.616. The second-order valence-electron chi connectivity index (χ2n) is 4.99. The van der Waals surface area contributed by atoms with Gasteiger partial charge in [-0.3, -0.25) is 4.79 Å². The first kappa shape index (κ1) is 16.6. The predicted molar refractivity (Wildman–Crippen MR) is 90.9 cm³/mol. The maximum Gasteiger partial charge on any atom is 0.278 e. The normalized spacial score (nSPS) is 10.5. The van der Waals surface area contributed by atoms with Crippen molar-refractivity contribution in [3.05, 3.63) is 48.7 Å². The molecule has 0 unspecified atom stereocenters. The third kappa shape index (κ3) is 3.65. The standard InChI is InChI=1S/C18H18N2O5/c1-3-22-12-7-8-14(23-4-2)13(10-12)20-18(21)16-17(25-11-19-16)15-6-5-9-24-15/h5-11H,3-4H2,1-2H3,(H,20,21). The number of hydrogen-bond acceptors (Lipinski definition) is 6. The Labute approximate surface area is 144 Å². The Bertz CT molecular complexity index is 839. The summed E-state index contributed by atoms with van der Waals surface area (Å²) in [5, 5.41) is 2.79. The number of benzene rings is 1. The van der Waals surface area contributed by atoms with Crippen LogP contribution in [0.5, 0.6) is 11.5 Å². The first-order valence-corrected chi connectivity index (χ1v) is 7.91. The highest BCUT2D eigenvalue weighted by molar-refractivity contribution is 6.06. The summed E-state index contributed by atoms with van der Waals surface area (Å²) in [6, 6.07) is 8.64. The van der Waals surface area contributed by atoms with Crippen LogP contribution in [0.25, 0.3) is 11.5 Å². The van der Waals surface area contributed by atoms with Crippen molar-refractivity contribution < 1.29 is 23.1 Å². The average Bonchev–Trinajstić information content (AvgIpc) is 3.28. The molecule has 1 amide bonds. The maximum absolute atomic E-state index is 12.6. The number of rotatable bonds is 7. The second kappa shape index (κ2) is 7.57. The highest BCUT2D eigenvalue weighted by atomic mass is 16.5. The molecule has 0 fully saturated rings. The average molecular weight is 342 g/mol. The largest absolute Gasteiger partial charge is 0.494 e. The van der Waals surface area contributed by atoms with Crippen LogP contribution in [0.4, 0.5) is 5.69 Å². The van der Waals surface area contributed by atoms with E-state index in [-0.39, 0.29) is 11.5 Å². The van der Waals surface area contributed by atoms with E-state index in [1.807, 2.05) is 13.8 Å². The van der Waals surface area contributed by atoms with E-state index in [1.54, 1.807) is 30.3 Å². The van der Waals surface area contributed by atoms with Gasteiger partial charge in [0.25, 0.3) is 5.91 Å². The minimum absolute atomic E-state index is 0.124. The van der Waals surface area contributed by atoms with Crippen LogP contribution in [0.3, 0.4) is 0 Å². The SMILES string of the molecule is CCOc1ccc(OCC)c(NC(=O)c2ncoc2-c2ccco2)c1. The van der Waals surface area contributed by atoms with Crippen LogP contribution in [0, 0.1) is 0 Å². The number of aromatic nitrogens is 1. The molecular weight excluding hydrogens is 324 g/mol. The van der Waals surface area contributed by atoms with Crippen molar-refractivity contribution in [2.75, 3.05) is 18.5 Å². The molecule has 130 valence electrons. The van der Waals surface area contributed by atoms with Crippen molar-refractivity contribution in [2.45, 2.75) is 13.8 Å². The highest BCUT2D eigenvalue weighted by Gasteiger charge is 2.21. The molecule has 0 aliphatic heterocycles. The Morgan fingerprint density at radius 1 is 1.16 bits per heavy atom. The number of carbonyl (C=O) groups is 1. The molecule has 0 atom stereocenters. The molecule has 0 saturated heterocycles. The van der Waals surface area contributed by atoms with Crippen LogP contribution in [0.2, 0.25) is 0 Å². The van der Waals surface area contributed by atoms with Crippen molar-refractivity contribution in [3.8, 4) is 23.0 Å². The van der Waals surface area contributed by atoms with Gasteiger partial charge in [0.05, 0.1) is 25.2 Å². The van der Waals surface area contributed by atoms with E-state index >= 15 is 0 Å². The number of anilines is 1. The van der Waals surface area contributed by atoms with E-state index in [1.165, 1.54) is 12.7 Å². The Morgan fingerprint density at radius 2 is 2.00 bits per heavy atom. The van der Waals surface area contributed by atoms with Crippen LogP contribution in [-0.4, -0.2) is 24.1 Å². The Hall–Kier alpha value is -3.22. The summed E-state index contributed by atoms with van der Waals surface area (Å²) < 4.78 is 21.6. The smallest absolute Gasteiger partial charge is 0.278 e. The van der Waals surface area contributed by atoms with E-state index in [2.05, 4.69) is 10.3 Å². The number of hydrogen-bond donors (Lipinski definition) is 1. The summed E-state index contributed by atoms with van der Waals surface area (Å²) in [6.07, 6.45) is 2.70. The summed E-state index contributed by atoms with van der Waals surface area (Å²) >= 11 is 0. The predicted octanol–water partition coefficient (Wildman–Crippen LogP) is 3.98. The van der Waals surface area contributed by atoms with Gasteiger partial charge < -0.3 is 23.6 Å². The molecule has 7 heteroatoms. The number of oxazole rings is 1. The molecule has 2 aromatic heterocycles. The van der Waals surface area contributed by atoms with Gasteiger partial charge in [-0.2, -0.15) is 0 Å². The number of carbonyl (C=O) groups excluding carboxylic acids is 1. The van der Waals surface area contributed by atoms with Crippen LogP contribution >= 0.6 is 0 Å². The van der Waals surface area contributed by atoms with Crippen molar-refractivity contribution in [2.24, 2.45) is 0 Å². The van der Waals surface area contributed by atoms with Gasteiger partial charge in [0, 0.05) is 6.07 Å². The van der Waals surface area contributed by atoms with Crippen molar-refractivity contribution in [1.82, 2.24) is 4.98 Å². The zero-order chi connectivity index (χ0) is 17.6. The van der Waals surface area contributed by atoms with Gasteiger partial charge in [-0.15, -0.1) is 0 Å². The van der Waals surface area contributed by atoms with E-state index in [0.29, 0.717) is 36.2 Å². The molecular formula is C18H18N2O5. The number of nitrogens with one attached hydrogen (secondary N) is 1. The fraction of sp³-hybridized carbons (Fsp3) is 0.222. The summed E-state index contributed by atoms with van der Waals surface area (Å²) in [6.45, 7) is 4.75. The molecule has 3 rings (SSSR count). The number of ether oxygens (including phenoxy) is 2. The minimum Gasteiger partial charge on any atom is -0.494 e. The molecule has 0 saturated carbocycles. The van der Waals surface area contributed by atoms with Gasteiger partial charge in [-0.1, -0.05) is 0 Å². The zero-order valence-corrected chi connectivity index (χ0v) is 13.9. The Balaban J connectivity index is 1.88. The lowest BCUT2D eigenvalue weighted by molar-refractivity contribution is 0.102. The molecule has 0 aliphatic carbocycles. The fourth-order valence-corrected chi connectivity index (χ4v) is 2.32. The fourth-order valence-electron chi connectivity index (χ4n) is 2.32.